The quantitative estimate of drug-likeness (QED) is 0.897. The molecule has 0 unspecified atom stereocenters. The number of ether oxygens (including phenoxy) is 1. The van der Waals surface area contributed by atoms with Gasteiger partial charge in [0.2, 0.25) is 0 Å². The zero-order valence-corrected chi connectivity index (χ0v) is 10.2. The number of hydrogen-bond donors (Lipinski definition) is 1. The molecule has 2 aromatic rings. The zero-order valence-electron chi connectivity index (χ0n) is 9.41. The summed E-state index contributed by atoms with van der Waals surface area (Å²) in [5, 5.41) is 4.94. The fourth-order valence-electron chi connectivity index (χ4n) is 1.44. The second-order valence-corrected chi connectivity index (χ2v) is 4.43. The van der Waals surface area contributed by atoms with Crippen molar-refractivity contribution in [1.82, 2.24) is 0 Å². The minimum atomic E-state index is -4.65. The lowest BCUT2D eigenvalue weighted by Crippen LogP contribution is -2.16. The molecule has 2 rings (SSSR count). The molecule has 0 bridgehead atoms. The summed E-state index contributed by atoms with van der Waals surface area (Å²) in [7, 11) is 1.81. The standard InChI is InChI=1S/C12H10F3NOS/c1-16-9-6-11(18-7-9)8-2-4-10(5-3-8)17-12(13,14)15/h2-7,16H,1H3. The number of halogens is 3. The molecule has 0 aliphatic rings. The third kappa shape index (κ3) is 3.16. The first kappa shape index (κ1) is 12.8. The minimum absolute atomic E-state index is 0.211. The molecule has 0 radical (unpaired) electrons. The third-order valence-corrected chi connectivity index (χ3v) is 3.24. The molecule has 0 spiro atoms. The third-order valence-electron chi connectivity index (χ3n) is 2.26. The first-order chi connectivity index (χ1) is 8.48. The molecule has 96 valence electrons. The number of anilines is 1. The van der Waals surface area contributed by atoms with Gasteiger partial charge in [-0.3, -0.25) is 0 Å². The van der Waals surface area contributed by atoms with E-state index in [2.05, 4.69) is 10.1 Å². The molecule has 0 aliphatic carbocycles. The van der Waals surface area contributed by atoms with Crippen molar-refractivity contribution in [2.24, 2.45) is 0 Å². The van der Waals surface area contributed by atoms with E-state index in [4.69, 9.17) is 0 Å². The zero-order chi connectivity index (χ0) is 13.2. The molecule has 1 aromatic heterocycles. The molecule has 0 amide bonds. The second-order valence-electron chi connectivity index (χ2n) is 3.52. The van der Waals surface area contributed by atoms with Gasteiger partial charge < -0.3 is 10.1 Å². The number of alkyl halides is 3. The van der Waals surface area contributed by atoms with Crippen LogP contribution in [-0.2, 0) is 0 Å². The predicted octanol–water partition coefficient (Wildman–Crippen LogP) is 4.36. The van der Waals surface area contributed by atoms with Crippen LogP contribution in [-0.4, -0.2) is 13.4 Å². The summed E-state index contributed by atoms with van der Waals surface area (Å²) in [6, 6.07) is 7.76. The van der Waals surface area contributed by atoms with E-state index in [0.717, 1.165) is 16.1 Å². The van der Waals surface area contributed by atoms with Gasteiger partial charge in [0.1, 0.15) is 5.75 Å². The van der Waals surface area contributed by atoms with Gasteiger partial charge in [-0.1, -0.05) is 0 Å². The van der Waals surface area contributed by atoms with Gasteiger partial charge in [0.15, 0.2) is 0 Å². The van der Waals surface area contributed by atoms with Gasteiger partial charge in [0, 0.05) is 23.0 Å². The fourth-order valence-corrected chi connectivity index (χ4v) is 2.35. The van der Waals surface area contributed by atoms with Gasteiger partial charge in [0.05, 0.1) is 0 Å². The Balaban J connectivity index is 2.17. The summed E-state index contributed by atoms with van der Waals surface area (Å²) in [5.74, 6) is -0.211. The second kappa shape index (κ2) is 4.89. The first-order valence-corrected chi connectivity index (χ1v) is 5.98. The topological polar surface area (TPSA) is 21.3 Å². The summed E-state index contributed by atoms with van der Waals surface area (Å²) in [4.78, 5) is 0.984. The molecular formula is C12H10F3NOS. The number of hydrogen-bond acceptors (Lipinski definition) is 3. The Morgan fingerprint density at radius 1 is 1.17 bits per heavy atom. The van der Waals surface area contributed by atoms with E-state index in [-0.39, 0.29) is 5.75 Å². The van der Waals surface area contributed by atoms with E-state index in [0.29, 0.717) is 0 Å². The maximum absolute atomic E-state index is 12.0. The molecule has 2 nitrogen and oxygen atoms in total. The summed E-state index contributed by atoms with van der Waals surface area (Å²) in [6.45, 7) is 0. The lowest BCUT2D eigenvalue weighted by molar-refractivity contribution is -0.274. The lowest BCUT2D eigenvalue weighted by Gasteiger charge is -2.08. The van der Waals surface area contributed by atoms with Gasteiger partial charge in [-0.15, -0.1) is 24.5 Å². The maximum atomic E-state index is 12.0. The highest BCUT2D eigenvalue weighted by molar-refractivity contribution is 7.14. The highest BCUT2D eigenvalue weighted by Crippen LogP contribution is 2.31. The molecule has 0 saturated heterocycles. The van der Waals surface area contributed by atoms with E-state index in [1.54, 1.807) is 12.1 Å². The van der Waals surface area contributed by atoms with Crippen LogP contribution in [0.1, 0.15) is 0 Å². The van der Waals surface area contributed by atoms with Crippen LogP contribution >= 0.6 is 11.3 Å². The summed E-state index contributed by atoms with van der Waals surface area (Å²) >= 11 is 1.52. The van der Waals surface area contributed by atoms with Crippen molar-refractivity contribution in [2.45, 2.75) is 6.36 Å². The number of thiophene rings is 1. The average Bonchev–Trinajstić information content (AvgIpc) is 2.76. The van der Waals surface area contributed by atoms with E-state index in [1.165, 1.54) is 23.5 Å². The number of rotatable bonds is 3. The number of benzene rings is 1. The van der Waals surface area contributed by atoms with E-state index in [1.807, 2.05) is 18.5 Å². The van der Waals surface area contributed by atoms with Crippen LogP contribution in [0.25, 0.3) is 10.4 Å². The Morgan fingerprint density at radius 2 is 1.83 bits per heavy atom. The van der Waals surface area contributed by atoms with Crippen molar-refractivity contribution in [3.63, 3.8) is 0 Å². The molecule has 6 heteroatoms. The molecule has 1 heterocycles. The van der Waals surface area contributed by atoms with E-state index in [9.17, 15) is 13.2 Å². The van der Waals surface area contributed by atoms with Crippen LogP contribution < -0.4 is 10.1 Å². The fraction of sp³-hybridized carbons (Fsp3) is 0.167. The smallest absolute Gasteiger partial charge is 0.406 e. The Hall–Kier alpha value is -1.69. The summed E-state index contributed by atoms with van der Waals surface area (Å²) < 4.78 is 39.8. The molecule has 0 atom stereocenters. The summed E-state index contributed by atoms with van der Waals surface area (Å²) in [6.07, 6.45) is -4.65. The van der Waals surface area contributed by atoms with Crippen molar-refractivity contribution in [3.05, 3.63) is 35.7 Å². The van der Waals surface area contributed by atoms with E-state index >= 15 is 0 Å². The van der Waals surface area contributed by atoms with Crippen LogP contribution in [0.3, 0.4) is 0 Å². The Morgan fingerprint density at radius 3 is 2.33 bits per heavy atom. The Kier molecular flexibility index (Phi) is 3.47. The van der Waals surface area contributed by atoms with Crippen LogP contribution in [0.4, 0.5) is 18.9 Å². The van der Waals surface area contributed by atoms with Gasteiger partial charge in [-0.2, -0.15) is 0 Å². The summed E-state index contributed by atoms with van der Waals surface area (Å²) in [5.41, 5.74) is 1.83. The van der Waals surface area contributed by atoms with Gasteiger partial charge >= 0.3 is 6.36 Å². The SMILES string of the molecule is CNc1csc(-c2ccc(OC(F)(F)F)cc2)c1. The van der Waals surface area contributed by atoms with Crippen LogP contribution in [0.2, 0.25) is 0 Å². The van der Waals surface area contributed by atoms with Crippen LogP contribution in [0.15, 0.2) is 35.7 Å². The van der Waals surface area contributed by atoms with Gasteiger partial charge in [0.25, 0.3) is 0 Å². The largest absolute Gasteiger partial charge is 0.573 e. The Labute approximate surface area is 106 Å². The molecule has 0 aliphatic heterocycles. The predicted molar refractivity (Wildman–Crippen MR) is 66.0 cm³/mol. The number of nitrogens with one attached hydrogen (secondary N) is 1. The van der Waals surface area contributed by atoms with Crippen LogP contribution in [0.5, 0.6) is 5.75 Å². The molecule has 1 aromatic carbocycles. The molecule has 1 N–H and O–H groups in total. The first-order valence-electron chi connectivity index (χ1n) is 5.10. The van der Waals surface area contributed by atoms with Gasteiger partial charge in [-0.05, 0) is 35.9 Å². The van der Waals surface area contributed by atoms with Crippen LogP contribution in [0, 0.1) is 0 Å². The van der Waals surface area contributed by atoms with Crippen molar-refractivity contribution in [3.8, 4) is 16.2 Å². The monoisotopic (exact) mass is 273 g/mol. The lowest BCUT2D eigenvalue weighted by atomic mass is 10.2. The highest BCUT2D eigenvalue weighted by Gasteiger charge is 2.30. The molecule has 18 heavy (non-hydrogen) atoms. The van der Waals surface area contributed by atoms with Gasteiger partial charge in [-0.25, -0.2) is 0 Å². The Bertz CT molecular complexity index is 519. The van der Waals surface area contributed by atoms with E-state index < -0.39 is 6.36 Å². The van der Waals surface area contributed by atoms with Crippen molar-refractivity contribution < 1.29 is 17.9 Å². The normalized spacial score (nSPS) is 11.3. The molecular weight excluding hydrogens is 263 g/mol. The maximum Gasteiger partial charge on any atom is 0.573 e. The van der Waals surface area contributed by atoms with Crippen molar-refractivity contribution >= 4 is 17.0 Å². The molecule has 0 saturated carbocycles. The average molecular weight is 273 g/mol. The van der Waals surface area contributed by atoms with Crippen molar-refractivity contribution in [1.29, 1.82) is 0 Å². The minimum Gasteiger partial charge on any atom is -0.406 e. The molecule has 0 fully saturated rings. The van der Waals surface area contributed by atoms with Crippen molar-refractivity contribution in [2.75, 3.05) is 12.4 Å². The highest BCUT2D eigenvalue weighted by atomic mass is 32.1.